The molecule has 2 aromatic rings. The van der Waals surface area contributed by atoms with E-state index in [0.29, 0.717) is 12.0 Å². The molecule has 1 amide bonds. The molecule has 0 unspecified atom stereocenters. The van der Waals surface area contributed by atoms with Gasteiger partial charge < -0.3 is 10.1 Å². The molecular formula is C27H37ClN2O2S. The SMILES string of the molecule is CSc1ccc(Oc2ccc(CN3CCC(NC(=O)CC4CCCCC4)CC3)cc2)cc1.Cl. The second-order valence-corrected chi connectivity index (χ2v) is 10.1. The standard InChI is InChI=1S/C27H36N2O2S.ClH/c1-32-26-13-11-25(12-14-26)31-24-9-7-22(8-10-24)20-29-17-15-23(16-18-29)28-27(30)19-21-5-3-2-4-6-21;/h7-14,21,23H,2-6,15-20H2,1H3,(H,28,30);1H. The Morgan fingerprint density at radius 3 is 2.15 bits per heavy atom. The summed E-state index contributed by atoms with van der Waals surface area (Å²) in [6.07, 6.45) is 11.3. The second kappa shape index (κ2) is 13.3. The third kappa shape index (κ3) is 8.24. The first-order valence-corrected chi connectivity index (χ1v) is 13.3. The highest BCUT2D eigenvalue weighted by Gasteiger charge is 2.23. The molecule has 1 saturated carbocycles. The Morgan fingerprint density at radius 2 is 1.55 bits per heavy atom. The molecule has 0 aromatic heterocycles. The van der Waals surface area contributed by atoms with Crippen LogP contribution in [-0.2, 0) is 11.3 Å². The number of piperidine rings is 1. The smallest absolute Gasteiger partial charge is 0.220 e. The minimum Gasteiger partial charge on any atom is -0.457 e. The molecule has 1 heterocycles. The zero-order valence-electron chi connectivity index (χ0n) is 19.6. The predicted molar refractivity (Wildman–Crippen MR) is 140 cm³/mol. The van der Waals surface area contributed by atoms with Crippen LogP contribution in [0.1, 0.15) is 56.9 Å². The largest absolute Gasteiger partial charge is 0.457 e. The molecular weight excluding hydrogens is 452 g/mol. The number of hydrogen-bond donors (Lipinski definition) is 1. The molecule has 33 heavy (non-hydrogen) atoms. The van der Waals surface area contributed by atoms with Crippen molar-refractivity contribution in [3.05, 3.63) is 54.1 Å². The molecule has 0 radical (unpaired) electrons. The molecule has 0 spiro atoms. The zero-order chi connectivity index (χ0) is 22.2. The minimum absolute atomic E-state index is 0. The van der Waals surface area contributed by atoms with Crippen LogP contribution in [-0.4, -0.2) is 36.2 Å². The fourth-order valence-corrected chi connectivity index (χ4v) is 5.28. The number of benzene rings is 2. The maximum Gasteiger partial charge on any atom is 0.220 e. The Morgan fingerprint density at radius 1 is 0.939 bits per heavy atom. The Balaban J connectivity index is 0.00000306. The van der Waals surface area contributed by atoms with Crippen molar-refractivity contribution < 1.29 is 9.53 Å². The van der Waals surface area contributed by atoms with Crippen LogP contribution in [0.3, 0.4) is 0 Å². The first-order valence-electron chi connectivity index (χ1n) is 12.1. The van der Waals surface area contributed by atoms with E-state index in [1.54, 1.807) is 11.8 Å². The normalized spacial score (nSPS) is 17.8. The lowest BCUT2D eigenvalue weighted by Crippen LogP contribution is -2.44. The molecule has 2 aliphatic rings. The summed E-state index contributed by atoms with van der Waals surface area (Å²) in [6, 6.07) is 16.9. The number of amides is 1. The minimum atomic E-state index is 0. The highest BCUT2D eigenvalue weighted by molar-refractivity contribution is 7.98. The molecule has 6 heteroatoms. The van der Waals surface area contributed by atoms with Gasteiger partial charge in [-0.1, -0.05) is 31.4 Å². The van der Waals surface area contributed by atoms with Gasteiger partial charge in [0, 0.05) is 37.0 Å². The monoisotopic (exact) mass is 488 g/mol. The van der Waals surface area contributed by atoms with E-state index >= 15 is 0 Å². The van der Waals surface area contributed by atoms with E-state index in [1.807, 2.05) is 12.1 Å². The van der Waals surface area contributed by atoms with Crippen molar-refractivity contribution >= 4 is 30.1 Å². The van der Waals surface area contributed by atoms with E-state index in [2.05, 4.69) is 52.9 Å². The molecule has 4 nitrogen and oxygen atoms in total. The summed E-state index contributed by atoms with van der Waals surface area (Å²) in [4.78, 5) is 16.1. The lowest BCUT2D eigenvalue weighted by Gasteiger charge is -2.32. The summed E-state index contributed by atoms with van der Waals surface area (Å²) in [5, 5.41) is 3.30. The van der Waals surface area contributed by atoms with Crippen LogP contribution in [0.2, 0.25) is 0 Å². The Bertz CT molecular complexity index is 845. The van der Waals surface area contributed by atoms with Crippen LogP contribution >= 0.6 is 24.2 Å². The van der Waals surface area contributed by atoms with Crippen LogP contribution < -0.4 is 10.1 Å². The van der Waals surface area contributed by atoms with Crippen LogP contribution in [0.25, 0.3) is 0 Å². The van der Waals surface area contributed by atoms with Gasteiger partial charge >= 0.3 is 0 Å². The number of nitrogens with one attached hydrogen (secondary N) is 1. The summed E-state index contributed by atoms with van der Waals surface area (Å²) < 4.78 is 5.97. The van der Waals surface area contributed by atoms with Gasteiger partial charge in [-0.2, -0.15) is 0 Å². The predicted octanol–water partition coefficient (Wildman–Crippen LogP) is 6.67. The molecule has 1 N–H and O–H groups in total. The Hall–Kier alpha value is -1.69. The molecule has 1 saturated heterocycles. The summed E-state index contributed by atoms with van der Waals surface area (Å²) in [5.74, 6) is 2.62. The molecule has 1 aliphatic carbocycles. The van der Waals surface area contributed by atoms with Crippen molar-refractivity contribution in [2.45, 2.75) is 68.8 Å². The van der Waals surface area contributed by atoms with Gasteiger partial charge in [0.1, 0.15) is 11.5 Å². The number of likely N-dealkylation sites (tertiary alicyclic amines) is 1. The van der Waals surface area contributed by atoms with E-state index in [1.165, 1.54) is 42.6 Å². The van der Waals surface area contributed by atoms with Crippen LogP contribution in [0.5, 0.6) is 11.5 Å². The number of nitrogens with zero attached hydrogens (tertiary/aromatic N) is 1. The lowest BCUT2D eigenvalue weighted by atomic mass is 9.86. The summed E-state index contributed by atoms with van der Waals surface area (Å²) >= 11 is 1.73. The van der Waals surface area contributed by atoms with Gasteiger partial charge in [-0.05, 0) is 79.8 Å². The highest BCUT2D eigenvalue weighted by atomic mass is 35.5. The van der Waals surface area contributed by atoms with E-state index in [4.69, 9.17) is 4.74 Å². The van der Waals surface area contributed by atoms with Crippen molar-refractivity contribution in [3.63, 3.8) is 0 Å². The van der Waals surface area contributed by atoms with Crippen LogP contribution in [0.15, 0.2) is 53.4 Å². The maximum atomic E-state index is 12.4. The average molecular weight is 489 g/mol. The number of carbonyl (C=O) groups is 1. The average Bonchev–Trinajstić information content (AvgIpc) is 2.83. The van der Waals surface area contributed by atoms with Crippen LogP contribution in [0, 0.1) is 5.92 Å². The number of thioether (sulfide) groups is 1. The zero-order valence-corrected chi connectivity index (χ0v) is 21.3. The van der Waals surface area contributed by atoms with Gasteiger partial charge in [0.05, 0.1) is 0 Å². The molecule has 2 aromatic carbocycles. The lowest BCUT2D eigenvalue weighted by molar-refractivity contribution is -0.123. The van der Waals surface area contributed by atoms with Crippen molar-refractivity contribution in [3.8, 4) is 11.5 Å². The Labute approximate surface area is 209 Å². The molecule has 0 bridgehead atoms. The van der Waals surface area contributed by atoms with Crippen molar-refractivity contribution in [2.24, 2.45) is 5.92 Å². The van der Waals surface area contributed by atoms with E-state index < -0.39 is 0 Å². The van der Waals surface area contributed by atoms with Gasteiger partial charge in [-0.25, -0.2) is 0 Å². The number of hydrogen-bond acceptors (Lipinski definition) is 4. The first kappa shape index (κ1) is 25.9. The van der Waals surface area contributed by atoms with E-state index in [0.717, 1.165) is 50.4 Å². The van der Waals surface area contributed by atoms with E-state index in [9.17, 15) is 4.79 Å². The summed E-state index contributed by atoms with van der Waals surface area (Å²) in [7, 11) is 0. The van der Waals surface area contributed by atoms with Gasteiger partial charge in [0.2, 0.25) is 5.91 Å². The van der Waals surface area contributed by atoms with Gasteiger partial charge in [0.15, 0.2) is 0 Å². The third-order valence-corrected chi connectivity index (χ3v) is 7.52. The van der Waals surface area contributed by atoms with Crippen molar-refractivity contribution in [2.75, 3.05) is 19.3 Å². The number of rotatable bonds is 8. The van der Waals surface area contributed by atoms with Gasteiger partial charge in [-0.3, -0.25) is 9.69 Å². The maximum absolute atomic E-state index is 12.4. The van der Waals surface area contributed by atoms with Gasteiger partial charge in [-0.15, -0.1) is 24.2 Å². The number of carbonyl (C=O) groups excluding carboxylic acids is 1. The third-order valence-electron chi connectivity index (χ3n) is 6.78. The van der Waals surface area contributed by atoms with Crippen molar-refractivity contribution in [1.82, 2.24) is 10.2 Å². The molecule has 0 atom stereocenters. The Kier molecular flexibility index (Phi) is 10.4. The molecule has 2 fully saturated rings. The topological polar surface area (TPSA) is 41.6 Å². The van der Waals surface area contributed by atoms with Crippen LogP contribution in [0.4, 0.5) is 0 Å². The summed E-state index contributed by atoms with van der Waals surface area (Å²) in [6.45, 7) is 3.02. The van der Waals surface area contributed by atoms with E-state index in [-0.39, 0.29) is 18.3 Å². The molecule has 1 aliphatic heterocycles. The quantitative estimate of drug-likeness (QED) is 0.421. The number of halogens is 1. The van der Waals surface area contributed by atoms with Gasteiger partial charge in [0.25, 0.3) is 0 Å². The fourth-order valence-electron chi connectivity index (χ4n) is 4.88. The fraction of sp³-hybridized carbons (Fsp3) is 0.519. The highest BCUT2D eigenvalue weighted by Crippen LogP contribution is 2.27. The number of ether oxygens (including phenoxy) is 1. The second-order valence-electron chi connectivity index (χ2n) is 9.25. The molecule has 4 rings (SSSR count). The molecule has 180 valence electrons. The van der Waals surface area contributed by atoms with Crippen molar-refractivity contribution in [1.29, 1.82) is 0 Å². The summed E-state index contributed by atoms with van der Waals surface area (Å²) in [5.41, 5.74) is 1.30. The first-order chi connectivity index (χ1) is 15.7.